The average Bonchev–Trinajstić information content (AvgIpc) is 3.03. The third kappa shape index (κ3) is 1.97. The number of nitrogens with one attached hydrogen (secondary N) is 1. The smallest absolute Gasteiger partial charge is 0.355 e. The summed E-state index contributed by atoms with van der Waals surface area (Å²) in [7, 11) is 1.20. The van der Waals surface area contributed by atoms with Crippen LogP contribution in [-0.2, 0) is 19.1 Å². The molecule has 8 heteroatoms. The first kappa shape index (κ1) is 14.5. The minimum absolute atomic E-state index is 0.0650. The summed E-state index contributed by atoms with van der Waals surface area (Å²) >= 11 is 5.82. The predicted molar refractivity (Wildman–Crippen MR) is 78.4 cm³/mol. The summed E-state index contributed by atoms with van der Waals surface area (Å²) in [6.07, 6.45) is -0.130. The van der Waals surface area contributed by atoms with E-state index in [1.165, 1.54) is 7.11 Å². The summed E-state index contributed by atoms with van der Waals surface area (Å²) in [5.41, 5.74) is 1.66. The lowest BCUT2D eigenvalue weighted by atomic mass is 9.81. The fourth-order valence-corrected chi connectivity index (χ4v) is 2.82. The molecule has 1 N–H and O–H groups in total. The summed E-state index contributed by atoms with van der Waals surface area (Å²) in [5.74, 6) is -1.61. The van der Waals surface area contributed by atoms with Gasteiger partial charge in [-0.25, -0.2) is 9.69 Å². The van der Waals surface area contributed by atoms with Gasteiger partial charge in [0.1, 0.15) is 5.41 Å². The average molecular weight is 322 g/mol. The maximum Gasteiger partial charge on any atom is 0.355 e. The summed E-state index contributed by atoms with van der Waals surface area (Å²) in [6.45, 7) is 0.0894. The van der Waals surface area contributed by atoms with Crippen molar-refractivity contribution in [1.29, 1.82) is 0 Å². The van der Waals surface area contributed by atoms with Crippen molar-refractivity contribution in [1.82, 2.24) is 5.43 Å². The molecule has 7 nitrogen and oxygen atoms in total. The Hall–Kier alpha value is -2.41. The van der Waals surface area contributed by atoms with Gasteiger partial charge in [0, 0.05) is 11.4 Å². The van der Waals surface area contributed by atoms with E-state index in [2.05, 4.69) is 15.3 Å². The SMILES string of the molecule is COC(=O)C1=NNCC12CC(=O)N(c1ccc(Cl)cc1)C2=O. The Morgan fingerprint density at radius 1 is 1.36 bits per heavy atom. The molecule has 2 aliphatic rings. The molecule has 1 atom stereocenters. The zero-order valence-corrected chi connectivity index (χ0v) is 12.4. The molecule has 0 aliphatic carbocycles. The van der Waals surface area contributed by atoms with E-state index >= 15 is 0 Å². The van der Waals surface area contributed by atoms with Gasteiger partial charge in [-0.3, -0.25) is 9.59 Å². The second-order valence-corrected chi connectivity index (χ2v) is 5.49. The number of rotatable bonds is 2. The van der Waals surface area contributed by atoms with Crippen LogP contribution in [-0.4, -0.2) is 37.1 Å². The van der Waals surface area contributed by atoms with Crippen LogP contribution in [0.5, 0.6) is 0 Å². The molecule has 1 saturated heterocycles. The van der Waals surface area contributed by atoms with Gasteiger partial charge >= 0.3 is 5.97 Å². The summed E-state index contributed by atoms with van der Waals surface area (Å²) in [5, 5.41) is 4.34. The molecule has 3 rings (SSSR count). The quantitative estimate of drug-likeness (QED) is 0.640. The van der Waals surface area contributed by atoms with Gasteiger partial charge in [0.25, 0.3) is 0 Å². The number of esters is 1. The minimum Gasteiger partial charge on any atom is -0.464 e. The number of hydrogen-bond donors (Lipinski definition) is 1. The van der Waals surface area contributed by atoms with E-state index in [1.54, 1.807) is 24.3 Å². The lowest BCUT2D eigenvalue weighted by molar-refractivity contribution is -0.134. The number of amides is 2. The molecule has 1 unspecified atom stereocenters. The van der Waals surface area contributed by atoms with Gasteiger partial charge in [-0.05, 0) is 24.3 Å². The first-order valence-corrected chi connectivity index (χ1v) is 6.90. The van der Waals surface area contributed by atoms with E-state index < -0.39 is 23.2 Å². The molecule has 0 saturated carbocycles. The number of anilines is 1. The van der Waals surface area contributed by atoms with E-state index in [-0.39, 0.29) is 18.7 Å². The van der Waals surface area contributed by atoms with Crippen molar-refractivity contribution in [2.45, 2.75) is 6.42 Å². The molecule has 1 aromatic rings. The zero-order chi connectivity index (χ0) is 15.9. The number of hydrazone groups is 1. The highest BCUT2D eigenvalue weighted by Gasteiger charge is 2.59. The Morgan fingerprint density at radius 2 is 2.05 bits per heavy atom. The van der Waals surface area contributed by atoms with E-state index in [1.807, 2.05) is 0 Å². The van der Waals surface area contributed by atoms with Crippen LogP contribution in [0.25, 0.3) is 0 Å². The highest BCUT2D eigenvalue weighted by Crippen LogP contribution is 2.39. The Kier molecular flexibility index (Phi) is 3.37. The summed E-state index contributed by atoms with van der Waals surface area (Å²) in [6, 6.07) is 6.33. The van der Waals surface area contributed by atoms with Gasteiger partial charge in [-0.15, -0.1) is 0 Å². The number of hydrogen-bond acceptors (Lipinski definition) is 6. The molecule has 2 heterocycles. The third-order valence-electron chi connectivity index (χ3n) is 3.80. The number of halogens is 1. The molecule has 2 aliphatic heterocycles. The molecule has 22 heavy (non-hydrogen) atoms. The lowest BCUT2D eigenvalue weighted by Gasteiger charge is -2.21. The molecule has 0 aromatic heterocycles. The van der Waals surface area contributed by atoms with Crippen LogP contribution in [0.3, 0.4) is 0 Å². The van der Waals surface area contributed by atoms with Crippen molar-refractivity contribution in [3.05, 3.63) is 29.3 Å². The van der Waals surface area contributed by atoms with Gasteiger partial charge in [0.05, 0.1) is 19.3 Å². The van der Waals surface area contributed by atoms with Crippen LogP contribution in [0.2, 0.25) is 5.02 Å². The normalized spacial score (nSPS) is 23.7. The second-order valence-electron chi connectivity index (χ2n) is 5.06. The van der Waals surface area contributed by atoms with Crippen molar-refractivity contribution in [2.24, 2.45) is 10.5 Å². The maximum atomic E-state index is 12.8. The topological polar surface area (TPSA) is 88.1 Å². The monoisotopic (exact) mass is 321 g/mol. The fraction of sp³-hybridized carbons (Fsp3) is 0.286. The van der Waals surface area contributed by atoms with E-state index in [9.17, 15) is 14.4 Å². The highest BCUT2D eigenvalue weighted by atomic mass is 35.5. The largest absolute Gasteiger partial charge is 0.464 e. The van der Waals surface area contributed by atoms with Crippen molar-refractivity contribution in [3.8, 4) is 0 Å². The van der Waals surface area contributed by atoms with Gasteiger partial charge in [0.2, 0.25) is 11.8 Å². The predicted octanol–water partition coefficient (Wildman–Crippen LogP) is 0.722. The Balaban J connectivity index is 2.00. The number of ether oxygens (including phenoxy) is 1. The maximum absolute atomic E-state index is 12.8. The van der Waals surface area contributed by atoms with Crippen molar-refractivity contribution in [2.75, 3.05) is 18.6 Å². The number of nitrogens with zero attached hydrogens (tertiary/aromatic N) is 2. The van der Waals surface area contributed by atoms with Crippen LogP contribution in [0.1, 0.15) is 6.42 Å². The molecule has 2 amide bonds. The van der Waals surface area contributed by atoms with Crippen LogP contribution < -0.4 is 10.3 Å². The first-order valence-electron chi connectivity index (χ1n) is 6.52. The number of benzene rings is 1. The lowest BCUT2D eigenvalue weighted by Crippen LogP contribution is -2.45. The van der Waals surface area contributed by atoms with Crippen LogP contribution in [0.4, 0.5) is 5.69 Å². The summed E-state index contributed by atoms with van der Waals surface area (Å²) in [4.78, 5) is 38.0. The standard InChI is InChI=1S/C14H12ClN3O4/c1-22-12(20)11-14(7-16-17-11)6-10(19)18(13(14)21)9-4-2-8(15)3-5-9/h2-5,16H,6-7H2,1H3. The van der Waals surface area contributed by atoms with Gasteiger partial charge in [0.15, 0.2) is 5.71 Å². The van der Waals surface area contributed by atoms with Crippen LogP contribution in [0, 0.1) is 5.41 Å². The highest BCUT2D eigenvalue weighted by molar-refractivity contribution is 6.47. The third-order valence-corrected chi connectivity index (χ3v) is 4.06. The van der Waals surface area contributed by atoms with Crippen molar-refractivity contribution in [3.63, 3.8) is 0 Å². The molecule has 1 fully saturated rings. The molecule has 114 valence electrons. The number of carbonyl (C=O) groups excluding carboxylic acids is 3. The Bertz CT molecular complexity index is 701. The van der Waals surface area contributed by atoms with E-state index in [0.29, 0.717) is 10.7 Å². The molecular formula is C14H12ClN3O4. The van der Waals surface area contributed by atoms with Crippen molar-refractivity contribution >= 4 is 40.8 Å². The molecular weight excluding hydrogens is 310 g/mol. The minimum atomic E-state index is -1.30. The fourth-order valence-electron chi connectivity index (χ4n) is 2.70. The van der Waals surface area contributed by atoms with Crippen molar-refractivity contribution < 1.29 is 19.1 Å². The van der Waals surface area contributed by atoms with E-state index in [0.717, 1.165) is 4.90 Å². The Morgan fingerprint density at radius 3 is 2.68 bits per heavy atom. The van der Waals surface area contributed by atoms with Gasteiger partial charge in [-0.2, -0.15) is 5.10 Å². The number of carbonyl (C=O) groups is 3. The second kappa shape index (κ2) is 5.10. The van der Waals surface area contributed by atoms with Gasteiger partial charge < -0.3 is 10.2 Å². The summed E-state index contributed by atoms with van der Waals surface area (Å²) < 4.78 is 4.65. The zero-order valence-electron chi connectivity index (χ0n) is 11.6. The number of methoxy groups -OCH3 is 1. The molecule has 1 aromatic carbocycles. The van der Waals surface area contributed by atoms with E-state index in [4.69, 9.17) is 11.6 Å². The molecule has 0 radical (unpaired) electrons. The Labute approximate surface area is 130 Å². The van der Waals surface area contributed by atoms with Crippen LogP contribution >= 0.6 is 11.6 Å². The molecule has 1 spiro atoms. The molecule has 0 bridgehead atoms. The first-order chi connectivity index (χ1) is 10.5. The van der Waals surface area contributed by atoms with Gasteiger partial charge in [-0.1, -0.05) is 11.6 Å². The van der Waals surface area contributed by atoms with Crippen LogP contribution in [0.15, 0.2) is 29.4 Å². The number of imide groups is 1.